The van der Waals surface area contributed by atoms with Crippen LogP contribution in [0.3, 0.4) is 0 Å². The average molecular weight is 260 g/mol. The molecule has 2 aromatic rings. The smallest absolute Gasteiger partial charge is 0.130 e. The summed E-state index contributed by atoms with van der Waals surface area (Å²) in [5.41, 5.74) is 2.07. The summed E-state index contributed by atoms with van der Waals surface area (Å²) >= 11 is 5.17. The molecule has 0 atom stereocenters. The number of benzene rings is 1. The van der Waals surface area contributed by atoms with Gasteiger partial charge in [-0.25, -0.2) is 9.37 Å². The number of rotatable bonds is 3. The Labute approximate surface area is 110 Å². The average Bonchev–Trinajstić information content (AvgIpc) is 3.11. The van der Waals surface area contributed by atoms with E-state index in [-0.39, 0.29) is 5.82 Å². The Hall–Kier alpha value is -1.55. The molecular weight excluding hydrogens is 247 g/mol. The molecule has 18 heavy (non-hydrogen) atoms. The van der Waals surface area contributed by atoms with Gasteiger partial charge in [-0.15, -0.1) is 0 Å². The fourth-order valence-electron chi connectivity index (χ4n) is 2.07. The molecule has 2 nitrogen and oxygen atoms in total. The van der Waals surface area contributed by atoms with Gasteiger partial charge in [0.15, 0.2) is 0 Å². The minimum atomic E-state index is -0.218. The quantitative estimate of drug-likeness (QED) is 0.851. The molecule has 0 bridgehead atoms. The van der Waals surface area contributed by atoms with Crippen molar-refractivity contribution >= 4 is 12.2 Å². The van der Waals surface area contributed by atoms with Crippen LogP contribution in [0.4, 0.5) is 4.39 Å². The van der Waals surface area contributed by atoms with Crippen molar-refractivity contribution in [1.82, 2.24) is 9.97 Å². The molecule has 1 aromatic heterocycles. The second kappa shape index (κ2) is 4.61. The van der Waals surface area contributed by atoms with Crippen LogP contribution < -0.4 is 0 Å². The Bertz CT molecular complexity index is 632. The molecule has 3 rings (SSSR count). The Morgan fingerprint density at radius 3 is 2.89 bits per heavy atom. The molecule has 0 amide bonds. The Morgan fingerprint density at radius 1 is 1.33 bits per heavy atom. The summed E-state index contributed by atoms with van der Waals surface area (Å²) in [7, 11) is 0. The normalized spacial score (nSPS) is 14.7. The molecule has 92 valence electrons. The predicted molar refractivity (Wildman–Crippen MR) is 70.6 cm³/mol. The Morgan fingerprint density at radius 2 is 2.17 bits per heavy atom. The Balaban J connectivity index is 1.90. The van der Waals surface area contributed by atoms with Crippen molar-refractivity contribution in [2.75, 3.05) is 0 Å². The standard InChI is InChI=1S/C14H13FN2S/c15-11-3-1-2-9(6-11)7-13-16-12(10-4-5-10)8-14(18)17-13/h1-3,6,8,10H,4-5,7H2,(H,16,17,18). The van der Waals surface area contributed by atoms with Crippen molar-refractivity contribution in [3.8, 4) is 0 Å². The van der Waals surface area contributed by atoms with Crippen LogP contribution in [0.5, 0.6) is 0 Å². The first-order chi connectivity index (χ1) is 8.70. The zero-order chi connectivity index (χ0) is 12.5. The number of halogens is 1. The third-order valence-corrected chi connectivity index (χ3v) is 3.30. The van der Waals surface area contributed by atoms with E-state index in [2.05, 4.69) is 9.97 Å². The first-order valence-electron chi connectivity index (χ1n) is 6.05. The molecule has 0 unspecified atom stereocenters. The van der Waals surface area contributed by atoms with Gasteiger partial charge >= 0.3 is 0 Å². The fourth-order valence-corrected chi connectivity index (χ4v) is 2.30. The van der Waals surface area contributed by atoms with E-state index in [1.165, 1.54) is 30.7 Å². The largest absolute Gasteiger partial charge is 0.347 e. The maximum absolute atomic E-state index is 13.1. The Kier molecular flexibility index (Phi) is 2.96. The number of aromatic amines is 1. The van der Waals surface area contributed by atoms with Crippen LogP contribution in [-0.2, 0) is 6.42 Å². The zero-order valence-corrected chi connectivity index (χ0v) is 10.6. The number of hydrogen-bond donors (Lipinski definition) is 1. The third-order valence-electron chi connectivity index (χ3n) is 3.09. The lowest BCUT2D eigenvalue weighted by Crippen LogP contribution is -2.00. The van der Waals surface area contributed by atoms with Gasteiger partial charge in [0.05, 0.1) is 0 Å². The second-order valence-corrected chi connectivity index (χ2v) is 5.12. The molecule has 0 spiro atoms. The first-order valence-corrected chi connectivity index (χ1v) is 6.46. The zero-order valence-electron chi connectivity index (χ0n) is 9.82. The van der Waals surface area contributed by atoms with E-state index < -0.39 is 0 Å². The van der Waals surface area contributed by atoms with Gasteiger partial charge in [-0.2, -0.15) is 0 Å². The van der Waals surface area contributed by atoms with E-state index in [0.717, 1.165) is 11.4 Å². The molecule has 1 aliphatic carbocycles. The van der Waals surface area contributed by atoms with Gasteiger partial charge in [0.1, 0.15) is 16.3 Å². The van der Waals surface area contributed by atoms with Crippen molar-refractivity contribution < 1.29 is 4.39 Å². The van der Waals surface area contributed by atoms with Crippen LogP contribution in [0, 0.1) is 10.5 Å². The van der Waals surface area contributed by atoms with Gasteiger partial charge in [0.25, 0.3) is 0 Å². The number of aromatic nitrogens is 2. The van der Waals surface area contributed by atoms with Crippen LogP contribution in [-0.4, -0.2) is 9.97 Å². The van der Waals surface area contributed by atoms with Gasteiger partial charge in [0, 0.05) is 12.1 Å². The van der Waals surface area contributed by atoms with Crippen LogP contribution in [0.25, 0.3) is 0 Å². The second-order valence-electron chi connectivity index (χ2n) is 4.70. The SMILES string of the molecule is Fc1cccc(Cc2nc(=S)cc(C3CC3)[nH]2)c1. The number of nitrogens with zero attached hydrogens (tertiary/aromatic N) is 1. The van der Waals surface area contributed by atoms with Gasteiger partial charge in [0.2, 0.25) is 0 Å². The van der Waals surface area contributed by atoms with Crippen LogP contribution in [0.15, 0.2) is 30.3 Å². The molecule has 4 heteroatoms. The number of hydrogen-bond acceptors (Lipinski definition) is 2. The number of nitrogens with one attached hydrogen (secondary N) is 1. The maximum Gasteiger partial charge on any atom is 0.130 e. The molecule has 0 radical (unpaired) electrons. The van der Waals surface area contributed by atoms with Crippen molar-refractivity contribution in [1.29, 1.82) is 0 Å². The van der Waals surface area contributed by atoms with Crippen LogP contribution in [0.1, 0.15) is 35.8 Å². The van der Waals surface area contributed by atoms with Gasteiger partial charge in [-0.05, 0) is 42.5 Å². The minimum Gasteiger partial charge on any atom is -0.347 e. The van der Waals surface area contributed by atoms with E-state index in [9.17, 15) is 4.39 Å². The summed E-state index contributed by atoms with van der Waals surface area (Å²) in [5, 5.41) is 0. The number of H-pyrrole nitrogens is 1. The molecule has 1 saturated carbocycles. The highest BCUT2D eigenvalue weighted by atomic mass is 32.1. The van der Waals surface area contributed by atoms with Crippen molar-refractivity contribution in [3.63, 3.8) is 0 Å². The predicted octanol–water partition coefficient (Wildman–Crippen LogP) is 3.75. The molecule has 1 aliphatic rings. The molecule has 1 aromatic carbocycles. The van der Waals surface area contributed by atoms with Crippen LogP contribution in [0.2, 0.25) is 0 Å². The summed E-state index contributed by atoms with van der Waals surface area (Å²) in [6.45, 7) is 0. The van der Waals surface area contributed by atoms with E-state index in [1.54, 1.807) is 6.07 Å². The molecule has 0 saturated heterocycles. The monoisotopic (exact) mass is 260 g/mol. The molecule has 1 N–H and O–H groups in total. The lowest BCUT2D eigenvalue weighted by molar-refractivity contribution is 0.625. The van der Waals surface area contributed by atoms with Gasteiger partial charge in [-0.1, -0.05) is 24.4 Å². The highest BCUT2D eigenvalue weighted by Crippen LogP contribution is 2.38. The lowest BCUT2D eigenvalue weighted by atomic mass is 10.1. The van der Waals surface area contributed by atoms with E-state index in [1.807, 2.05) is 12.1 Å². The third kappa shape index (κ3) is 2.64. The highest BCUT2D eigenvalue weighted by Gasteiger charge is 2.24. The summed E-state index contributed by atoms with van der Waals surface area (Å²) in [6, 6.07) is 8.51. The van der Waals surface area contributed by atoms with Gasteiger partial charge < -0.3 is 4.98 Å². The highest BCUT2D eigenvalue weighted by molar-refractivity contribution is 7.71. The summed E-state index contributed by atoms with van der Waals surface area (Å²) in [5.74, 6) is 1.21. The van der Waals surface area contributed by atoms with Gasteiger partial charge in [-0.3, -0.25) is 0 Å². The van der Waals surface area contributed by atoms with Crippen molar-refractivity contribution in [3.05, 3.63) is 57.9 Å². The topological polar surface area (TPSA) is 28.7 Å². The van der Waals surface area contributed by atoms with E-state index in [0.29, 0.717) is 17.0 Å². The molecule has 1 heterocycles. The van der Waals surface area contributed by atoms with E-state index in [4.69, 9.17) is 12.2 Å². The molecule has 0 aliphatic heterocycles. The summed E-state index contributed by atoms with van der Waals surface area (Å²) in [6.07, 6.45) is 3.02. The van der Waals surface area contributed by atoms with E-state index >= 15 is 0 Å². The fraction of sp³-hybridized carbons (Fsp3) is 0.286. The van der Waals surface area contributed by atoms with Crippen molar-refractivity contribution in [2.24, 2.45) is 0 Å². The molecular formula is C14H13FN2S. The minimum absolute atomic E-state index is 0.218. The summed E-state index contributed by atoms with van der Waals surface area (Å²) in [4.78, 5) is 7.62. The summed E-state index contributed by atoms with van der Waals surface area (Å²) < 4.78 is 13.7. The lowest BCUT2D eigenvalue weighted by Gasteiger charge is -2.05. The maximum atomic E-state index is 13.1. The van der Waals surface area contributed by atoms with Crippen LogP contribution >= 0.6 is 12.2 Å². The first kappa shape index (κ1) is 11.5. The van der Waals surface area contributed by atoms with Crippen molar-refractivity contribution in [2.45, 2.75) is 25.2 Å². The molecule has 1 fully saturated rings.